The van der Waals surface area contributed by atoms with Gasteiger partial charge >= 0.3 is 0 Å². The Morgan fingerprint density at radius 3 is 2.61 bits per heavy atom. The van der Waals surface area contributed by atoms with Crippen molar-refractivity contribution in [1.82, 2.24) is 16.0 Å². The van der Waals surface area contributed by atoms with E-state index >= 15 is 0 Å². The lowest BCUT2D eigenvalue weighted by molar-refractivity contribution is -0.130. The van der Waals surface area contributed by atoms with Gasteiger partial charge in [-0.1, -0.05) is 37.1 Å². The highest BCUT2D eigenvalue weighted by molar-refractivity contribution is 5.89. The summed E-state index contributed by atoms with van der Waals surface area (Å²) in [5.74, 6) is -0.185. The van der Waals surface area contributed by atoms with Gasteiger partial charge < -0.3 is 16.0 Å². The second kappa shape index (κ2) is 7.13. The Labute approximate surface area is 137 Å². The monoisotopic (exact) mass is 315 g/mol. The maximum absolute atomic E-state index is 12.4. The third-order valence-corrected chi connectivity index (χ3v) is 4.85. The number of carbonyl (C=O) groups is 2. The number of carbonyl (C=O) groups excluding carboxylic acids is 2. The predicted octanol–water partition coefficient (Wildman–Crippen LogP) is 1.26. The number of hydrogen-bond acceptors (Lipinski definition) is 3. The molecule has 5 nitrogen and oxygen atoms in total. The Kier molecular flexibility index (Phi) is 4.96. The minimum absolute atomic E-state index is 0.0820. The fraction of sp³-hybridized carbons (Fsp3) is 0.556. The molecule has 0 bridgehead atoms. The van der Waals surface area contributed by atoms with E-state index in [9.17, 15) is 9.59 Å². The van der Waals surface area contributed by atoms with Crippen molar-refractivity contribution in [2.75, 3.05) is 0 Å². The topological polar surface area (TPSA) is 70.2 Å². The predicted molar refractivity (Wildman–Crippen MR) is 88.8 cm³/mol. The zero-order valence-electron chi connectivity index (χ0n) is 13.6. The molecule has 1 aromatic carbocycles. The molecule has 0 spiro atoms. The zero-order valence-corrected chi connectivity index (χ0v) is 13.6. The first-order valence-corrected chi connectivity index (χ1v) is 8.54. The normalized spacial score (nSPS) is 22.2. The van der Waals surface area contributed by atoms with Crippen LogP contribution in [-0.2, 0) is 22.6 Å². The number of nitrogens with one attached hydrogen (secondary N) is 3. The largest absolute Gasteiger partial charge is 0.352 e. The van der Waals surface area contributed by atoms with Gasteiger partial charge in [0.2, 0.25) is 11.8 Å². The van der Waals surface area contributed by atoms with Crippen molar-refractivity contribution >= 4 is 11.8 Å². The first-order chi connectivity index (χ1) is 11.1. The molecule has 23 heavy (non-hydrogen) atoms. The molecule has 1 saturated carbocycles. The van der Waals surface area contributed by atoms with E-state index in [0.717, 1.165) is 12.8 Å². The summed E-state index contributed by atoms with van der Waals surface area (Å²) < 4.78 is 0. The molecule has 1 aromatic rings. The Bertz CT molecular complexity index is 581. The van der Waals surface area contributed by atoms with Crippen molar-refractivity contribution in [3.05, 3.63) is 35.4 Å². The third-order valence-electron chi connectivity index (χ3n) is 4.85. The molecule has 3 rings (SSSR count). The summed E-state index contributed by atoms with van der Waals surface area (Å²) in [6.45, 7) is 2.44. The van der Waals surface area contributed by atoms with Crippen molar-refractivity contribution in [2.24, 2.45) is 0 Å². The standard InChI is InChI=1S/C18H25N3O2/c1-12(17(22)21-15-8-4-5-9-15)20-18(23)16-10-13-6-2-3-7-14(13)11-19-16/h2-3,6-7,12,15-16,19H,4-5,8-11H2,1H3,(H,20,23)(H,21,22)/t12-,16+/m1/s1. The molecule has 1 aliphatic heterocycles. The summed E-state index contributed by atoms with van der Waals surface area (Å²) in [5.41, 5.74) is 2.44. The number of amides is 2. The number of rotatable bonds is 4. The van der Waals surface area contributed by atoms with Crippen molar-refractivity contribution < 1.29 is 9.59 Å². The van der Waals surface area contributed by atoms with Crippen molar-refractivity contribution in [2.45, 2.75) is 63.7 Å². The van der Waals surface area contributed by atoms with Gasteiger partial charge in [0.15, 0.2) is 0 Å². The molecule has 0 unspecified atom stereocenters. The average molecular weight is 315 g/mol. The molecule has 2 amide bonds. The fourth-order valence-corrected chi connectivity index (χ4v) is 3.42. The fourth-order valence-electron chi connectivity index (χ4n) is 3.42. The van der Waals surface area contributed by atoms with Crippen LogP contribution < -0.4 is 16.0 Å². The minimum atomic E-state index is -0.498. The second-order valence-electron chi connectivity index (χ2n) is 6.63. The van der Waals surface area contributed by atoms with Crippen LogP contribution in [0.15, 0.2) is 24.3 Å². The van der Waals surface area contributed by atoms with E-state index < -0.39 is 6.04 Å². The van der Waals surface area contributed by atoms with Crippen LogP contribution >= 0.6 is 0 Å². The molecule has 5 heteroatoms. The lowest BCUT2D eigenvalue weighted by Crippen LogP contribution is -2.54. The summed E-state index contributed by atoms with van der Waals surface area (Å²) in [7, 11) is 0. The van der Waals surface area contributed by atoms with Crippen LogP contribution in [0.1, 0.15) is 43.7 Å². The van der Waals surface area contributed by atoms with Crippen LogP contribution in [0.3, 0.4) is 0 Å². The van der Waals surface area contributed by atoms with E-state index in [4.69, 9.17) is 0 Å². The number of benzene rings is 1. The van der Waals surface area contributed by atoms with Crippen LogP contribution in [0, 0.1) is 0 Å². The van der Waals surface area contributed by atoms with Gasteiger partial charge in [-0.15, -0.1) is 0 Å². The summed E-state index contributed by atoms with van der Waals surface area (Å²) in [4.78, 5) is 24.6. The summed E-state index contributed by atoms with van der Waals surface area (Å²) in [5, 5.41) is 9.12. The number of fused-ring (bicyclic) bond motifs is 1. The van der Waals surface area contributed by atoms with E-state index in [1.807, 2.05) is 12.1 Å². The molecular formula is C18H25N3O2. The molecule has 2 aliphatic rings. The molecule has 1 fully saturated rings. The zero-order chi connectivity index (χ0) is 16.2. The van der Waals surface area contributed by atoms with E-state index in [0.29, 0.717) is 13.0 Å². The average Bonchev–Trinajstić information content (AvgIpc) is 3.07. The summed E-state index contributed by atoms with van der Waals surface area (Å²) in [6.07, 6.45) is 5.12. The minimum Gasteiger partial charge on any atom is -0.352 e. The van der Waals surface area contributed by atoms with Crippen LogP contribution in [0.25, 0.3) is 0 Å². The van der Waals surface area contributed by atoms with Gasteiger partial charge in [-0.25, -0.2) is 0 Å². The smallest absolute Gasteiger partial charge is 0.242 e. The Morgan fingerprint density at radius 2 is 1.87 bits per heavy atom. The highest BCUT2D eigenvalue weighted by Crippen LogP contribution is 2.18. The van der Waals surface area contributed by atoms with E-state index in [1.54, 1.807) is 6.92 Å². The molecule has 0 saturated heterocycles. The molecule has 124 valence electrons. The quantitative estimate of drug-likeness (QED) is 0.783. The van der Waals surface area contributed by atoms with Gasteiger partial charge in [-0.3, -0.25) is 9.59 Å². The van der Waals surface area contributed by atoms with E-state index in [1.165, 1.54) is 24.0 Å². The molecule has 0 radical (unpaired) electrons. The van der Waals surface area contributed by atoms with E-state index in [-0.39, 0.29) is 23.9 Å². The molecule has 1 heterocycles. The number of hydrogen-bond donors (Lipinski definition) is 3. The van der Waals surface area contributed by atoms with Crippen LogP contribution in [0.2, 0.25) is 0 Å². The van der Waals surface area contributed by atoms with Crippen LogP contribution in [0.5, 0.6) is 0 Å². The second-order valence-corrected chi connectivity index (χ2v) is 6.63. The lowest BCUT2D eigenvalue weighted by atomic mass is 9.95. The van der Waals surface area contributed by atoms with Crippen molar-refractivity contribution in [3.8, 4) is 0 Å². The third kappa shape index (κ3) is 3.91. The Balaban J connectivity index is 1.51. The molecule has 0 aromatic heterocycles. The first-order valence-electron chi connectivity index (χ1n) is 8.54. The van der Waals surface area contributed by atoms with E-state index in [2.05, 4.69) is 28.1 Å². The van der Waals surface area contributed by atoms with Gasteiger partial charge in [0.05, 0.1) is 6.04 Å². The molecule has 1 aliphatic carbocycles. The van der Waals surface area contributed by atoms with Gasteiger partial charge in [-0.05, 0) is 37.3 Å². The maximum Gasteiger partial charge on any atom is 0.242 e. The Hall–Kier alpha value is -1.88. The highest BCUT2D eigenvalue weighted by Gasteiger charge is 2.27. The first kappa shape index (κ1) is 16.0. The maximum atomic E-state index is 12.4. The molecule has 3 N–H and O–H groups in total. The van der Waals surface area contributed by atoms with Crippen molar-refractivity contribution in [1.29, 1.82) is 0 Å². The SMILES string of the molecule is C[C@@H](NC(=O)[C@@H]1Cc2ccccc2CN1)C(=O)NC1CCCC1. The summed E-state index contributed by atoms with van der Waals surface area (Å²) in [6, 6.07) is 7.66. The van der Waals surface area contributed by atoms with Gasteiger partial charge in [0.25, 0.3) is 0 Å². The van der Waals surface area contributed by atoms with Crippen LogP contribution in [-0.4, -0.2) is 29.9 Å². The Morgan fingerprint density at radius 1 is 1.17 bits per heavy atom. The molecular weight excluding hydrogens is 290 g/mol. The summed E-state index contributed by atoms with van der Waals surface area (Å²) >= 11 is 0. The van der Waals surface area contributed by atoms with Gasteiger partial charge in [0, 0.05) is 12.6 Å². The lowest BCUT2D eigenvalue weighted by Gasteiger charge is -2.26. The van der Waals surface area contributed by atoms with Crippen LogP contribution in [0.4, 0.5) is 0 Å². The highest BCUT2D eigenvalue weighted by atomic mass is 16.2. The van der Waals surface area contributed by atoms with Gasteiger partial charge in [0.1, 0.15) is 6.04 Å². The van der Waals surface area contributed by atoms with Gasteiger partial charge in [-0.2, -0.15) is 0 Å². The molecule has 2 atom stereocenters. The van der Waals surface area contributed by atoms with Crippen molar-refractivity contribution in [3.63, 3.8) is 0 Å².